The lowest BCUT2D eigenvalue weighted by Gasteiger charge is -2.42. The van der Waals surface area contributed by atoms with E-state index in [2.05, 4.69) is 0 Å². The van der Waals surface area contributed by atoms with E-state index in [1.807, 2.05) is 19.9 Å². The van der Waals surface area contributed by atoms with Crippen LogP contribution in [0.25, 0.3) is 5.69 Å². The average molecular weight is 646 g/mol. The van der Waals surface area contributed by atoms with E-state index in [9.17, 15) is 24.0 Å². The van der Waals surface area contributed by atoms with Gasteiger partial charge in [0, 0.05) is 37.3 Å². The van der Waals surface area contributed by atoms with Crippen LogP contribution in [0, 0.1) is 0 Å². The highest BCUT2D eigenvalue weighted by Crippen LogP contribution is 2.47. The van der Waals surface area contributed by atoms with Gasteiger partial charge in [-0.2, -0.15) is 0 Å². The van der Waals surface area contributed by atoms with Gasteiger partial charge < -0.3 is 24.0 Å². The topological polar surface area (TPSA) is 134 Å². The molecule has 3 aliphatic heterocycles. The van der Waals surface area contributed by atoms with E-state index in [4.69, 9.17) is 14.2 Å². The Morgan fingerprint density at radius 1 is 1.02 bits per heavy atom. The molecule has 1 aromatic heterocycles. The Hall–Kier alpha value is -5.07. The lowest BCUT2D eigenvalue weighted by molar-refractivity contribution is 0.0282. The van der Waals surface area contributed by atoms with Crippen molar-refractivity contribution >= 4 is 18.0 Å². The van der Waals surface area contributed by atoms with Gasteiger partial charge in [-0.3, -0.25) is 4.79 Å². The number of aromatic nitrogens is 3. The van der Waals surface area contributed by atoms with E-state index in [0.29, 0.717) is 42.1 Å². The minimum absolute atomic E-state index is 0.119. The summed E-state index contributed by atoms with van der Waals surface area (Å²) in [5, 5.41) is 0. The molecule has 4 heterocycles. The van der Waals surface area contributed by atoms with Crippen LogP contribution in [0.3, 0.4) is 0 Å². The van der Waals surface area contributed by atoms with Crippen LogP contribution in [0.2, 0.25) is 0 Å². The Morgan fingerprint density at radius 3 is 2.38 bits per heavy atom. The van der Waals surface area contributed by atoms with Crippen molar-refractivity contribution in [1.82, 2.24) is 23.7 Å². The molecule has 47 heavy (non-hydrogen) atoms. The Morgan fingerprint density at radius 2 is 1.72 bits per heavy atom. The molecule has 3 aliphatic rings. The van der Waals surface area contributed by atoms with Crippen LogP contribution in [0.15, 0.2) is 63.7 Å². The van der Waals surface area contributed by atoms with E-state index in [1.165, 1.54) is 21.2 Å². The van der Waals surface area contributed by atoms with Gasteiger partial charge in [0.2, 0.25) is 0 Å². The van der Waals surface area contributed by atoms with Gasteiger partial charge in [0.1, 0.15) is 28.7 Å². The summed E-state index contributed by atoms with van der Waals surface area (Å²) in [7, 11) is 1.63. The highest BCUT2D eigenvalue weighted by molar-refractivity contribution is 5.94. The van der Waals surface area contributed by atoms with Gasteiger partial charge in [0.05, 0.1) is 18.3 Å². The fraction of sp³-hybridized carbons (Fsp3) is 0.441. The first-order valence-electron chi connectivity index (χ1n) is 15.6. The molecule has 0 spiro atoms. The molecule has 2 aromatic carbocycles. The fourth-order valence-electron chi connectivity index (χ4n) is 6.38. The highest BCUT2D eigenvalue weighted by Gasteiger charge is 2.44. The number of benzene rings is 2. The SMILES string of the molecule is CC(=O)c1ccc(-n2c(=O)n3n(c2=O)C2C(=CC3)C(C)(C)Oc3cc(OC(=O)N(C)C4CCN(C(=O)OC(C)(C)C)C4)ccc32)cc1. The zero-order chi connectivity index (χ0) is 34.0. The van der Waals surface area contributed by atoms with Crippen molar-refractivity contribution in [2.75, 3.05) is 20.1 Å². The summed E-state index contributed by atoms with van der Waals surface area (Å²) in [6.45, 7) is 11.6. The molecule has 2 amide bonds. The standard InChI is InChI=1S/C34H39N5O8/c1-20(40)21-8-10-22(11-9-21)38-29(41)37-17-15-26-28(39(37)30(38)42)25-13-12-24(18-27(25)46-34(26,5)6)45-31(43)35(7)23-14-16-36(19-23)32(44)47-33(2,3)4/h8-13,15,18,23,28H,14,16-17,19H2,1-7H3. The van der Waals surface area contributed by atoms with Crippen LogP contribution in [0.1, 0.15) is 69.9 Å². The first-order chi connectivity index (χ1) is 22.1. The van der Waals surface area contributed by atoms with Crippen molar-refractivity contribution in [3.05, 3.63) is 86.2 Å². The molecule has 0 saturated carbocycles. The molecule has 3 aromatic rings. The second kappa shape index (κ2) is 11.3. The summed E-state index contributed by atoms with van der Waals surface area (Å²) >= 11 is 0. The Kier molecular flexibility index (Phi) is 7.68. The number of Topliss-reactive ketones (excluding diaryl/α,β-unsaturated/α-hetero) is 1. The summed E-state index contributed by atoms with van der Waals surface area (Å²) in [6.07, 6.45) is 1.48. The van der Waals surface area contributed by atoms with Crippen molar-refractivity contribution in [3.8, 4) is 17.2 Å². The maximum absolute atomic E-state index is 13.9. The number of likely N-dealkylation sites (N-methyl/N-ethyl adjacent to an activating group) is 1. The van der Waals surface area contributed by atoms with Crippen molar-refractivity contribution < 1.29 is 28.6 Å². The Balaban J connectivity index is 1.26. The van der Waals surface area contributed by atoms with Gasteiger partial charge in [-0.15, -0.1) is 0 Å². The van der Waals surface area contributed by atoms with Gasteiger partial charge in [0.15, 0.2) is 5.78 Å². The number of carbonyl (C=O) groups excluding carboxylic acids is 3. The Labute approximate surface area is 271 Å². The molecule has 2 unspecified atom stereocenters. The maximum Gasteiger partial charge on any atom is 0.415 e. The molecule has 1 saturated heterocycles. The van der Waals surface area contributed by atoms with Crippen molar-refractivity contribution in [1.29, 1.82) is 0 Å². The van der Waals surface area contributed by atoms with E-state index in [-0.39, 0.29) is 24.1 Å². The van der Waals surface area contributed by atoms with Gasteiger partial charge in [-0.05, 0) is 89.9 Å². The molecule has 6 rings (SSSR count). The summed E-state index contributed by atoms with van der Waals surface area (Å²) in [5.41, 5.74) is -0.215. The number of allylic oxidation sites excluding steroid dienone is 1. The molecule has 0 aliphatic carbocycles. The monoisotopic (exact) mass is 645 g/mol. The van der Waals surface area contributed by atoms with Crippen molar-refractivity contribution in [3.63, 3.8) is 0 Å². The molecular formula is C34H39N5O8. The molecule has 13 nitrogen and oxygen atoms in total. The quantitative estimate of drug-likeness (QED) is 0.305. The van der Waals surface area contributed by atoms with Gasteiger partial charge in [-0.1, -0.05) is 6.08 Å². The van der Waals surface area contributed by atoms with Crippen molar-refractivity contribution in [2.45, 2.75) is 77.8 Å². The third-order valence-electron chi connectivity index (χ3n) is 8.81. The third kappa shape index (κ3) is 5.74. The molecule has 13 heteroatoms. The molecule has 2 atom stereocenters. The number of ether oxygens (including phenoxy) is 3. The second-order valence-corrected chi connectivity index (χ2v) is 13.7. The summed E-state index contributed by atoms with van der Waals surface area (Å²) in [5.74, 6) is 0.537. The molecule has 248 valence electrons. The molecular weight excluding hydrogens is 606 g/mol. The van der Waals surface area contributed by atoms with Crippen LogP contribution in [0.4, 0.5) is 9.59 Å². The number of nitrogens with zero attached hydrogens (tertiary/aromatic N) is 5. The smallest absolute Gasteiger partial charge is 0.415 e. The molecule has 0 bridgehead atoms. The van der Waals surface area contributed by atoms with Crippen molar-refractivity contribution in [2.24, 2.45) is 0 Å². The number of likely N-dealkylation sites (tertiary alicyclic amines) is 1. The summed E-state index contributed by atoms with van der Waals surface area (Å²) < 4.78 is 21.5. The maximum atomic E-state index is 13.9. The minimum Gasteiger partial charge on any atom is -0.483 e. The molecule has 0 N–H and O–H groups in total. The number of rotatable bonds is 4. The van der Waals surface area contributed by atoms with Gasteiger partial charge >= 0.3 is 23.6 Å². The molecule has 0 radical (unpaired) electrons. The largest absolute Gasteiger partial charge is 0.483 e. The number of carbonyl (C=O) groups is 3. The van der Waals surface area contributed by atoms with E-state index in [1.54, 1.807) is 75.2 Å². The van der Waals surface area contributed by atoms with Crippen LogP contribution in [-0.2, 0) is 11.3 Å². The zero-order valence-corrected chi connectivity index (χ0v) is 27.6. The molecule has 1 fully saturated rings. The van der Waals surface area contributed by atoms with Gasteiger partial charge in [0.25, 0.3) is 0 Å². The lowest BCUT2D eigenvalue weighted by atomic mass is 9.83. The fourth-order valence-corrected chi connectivity index (χ4v) is 6.38. The predicted molar refractivity (Wildman–Crippen MR) is 172 cm³/mol. The van der Waals surface area contributed by atoms with Gasteiger partial charge in [-0.25, -0.2) is 33.1 Å². The summed E-state index contributed by atoms with van der Waals surface area (Å²) in [6, 6.07) is 10.4. The van der Waals surface area contributed by atoms with Crippen LogP contribution in [0.5, 0.6) is 11.5 Å². The number of hydrogen-bond acceptors (Lipinski definition) is 8. The van der Waals surface area contributed by atoms with Crippen LogP contribution in [-0.4, -0.2) is 79.1 Å². The van der Waals surface area contributed by atoms with E-state index >= 15 is 0 Å². The predicted octanol–water partition coefficient (Wildman–Crippen LogP) is 4.14. The van der Waals surface area contributed by atoms with E-state index in [0.717, 1.165) is 10.1 Å². The Bertz CT molecular complexity index is 1920. The first kappa shape index (κ1) is 31.9. The number of fused-ring (bicyclic) bond motifs is 5. The minimum atomic E-state index is -0.849. The van der Waals surface area contributed by atoms with E-state index < -0.39 is 40.8 Å². The lowest BCUT2D eigenvalue weighted by Crippen LogP contribution is -2.46. The van der Waals surface area contributed by atoms with Crippen LogP contribution >= 0.6 is 0 Å². The first-order valence-corrected chi connectivity index (χ1v) is 15.6. The number of ketones is 1. The third-order valence-corrected chi connectivity index (χ3v) is 8.81. The normalized spacial score (nSPS) is 19.5. The number of hydrogen-bond donors (Lipinski definition) is 0. The average Bonchev–Trinajstić information content (AvgIpc) is 3.59. The second-order valence-electron chi connectivity index (χ2n) is 13.7. The summed E-state index contributed by atoms with van der Waals surface area (Å²) in [4.78, 5) is 68.0. The zero-order valence-electron chi connectivity index (χ0n) is 27.6. The van der Waals surface area contributed by atoms with Crippen LogP contribution < -0.4 is 20.9 Å². The number of amides is 2. The highest BCUT2D eigenvalue weighted by atomic mass is 16.6.